The third-order valence-electron chi connectivity index (χ3n) is 2.80. The Hall–Kier alpha value is -1.39. The molecule has 0 amide bonds. The van der Waals surface area contributed by atoms with E-state index in [1.54, 1.807) is 0 Å². The number of hydrogen-bond acceptors (Lipinski definition) is 4. The van der Waals surface area contributed by atoms with E-state index in [4.69, 9.17) is 5.11 Å². The van der Waals surface area contributed by atoms with E-state index >= 15 is 0 Å². The van der Waals surface area contributed by atoms with Crippen LogP contribution in [-0.2, 0) is 16.1 Å². The van der Waals surface area contributed by atoms with Gasteiger partial charge in [-0.1, -0.05) is 30.3 Å². The lowest BCUT2D eigenvalue weighted by Gasteiger charge is -2.23. The highest BCUT2D eigenvalue weighted by atomic mass is 16.5. The zero-order chi connectivity index (χ0) is 13.2. The molecule has 1 aliphatic rings. The lowest BCUT2D eigenvalue weighted by Crippen LogP contribution is -2.39. The van der Waals surface area contributed by atoms with Crippen molar-refractivity contribution in [1.82, 2.24) is 5.32 Å². The van der Waals surface area contributed by atoms with Crippen LogP contribution in [0.5, 0.6) is 0 Å². The standard InChI is InChI=1S/C8H8O2.C6H13NO/c9-7-10-6-8-4-2-1-3-5-8;1-5-2-3-6(8)4-7-5/h1-5,7H,6H2;5-8H,2-4H2,1H3. The number of carbonyl (C=O) groups is 1. The first-order valence-electron chi connectivity index (χ1n) is 6.23. The van der Waals surface area contributed by atoms with Gasteiger partial charge in [0.05, 0.1) is 6.10 Å². The van der Waals surface area contributed by atoms with E-state index in [0.717, 1.165) is 24.9 Å². The quantitative estimate of drug-likeness (QED) is 0.799. The zero-order valence-corrected chi connectivity index (χ0v) is 10.7. The summed E-state index contributed by atoms with van der Waals surface area (Å²) in [5.74, 6) is 0. The van der Waals surface area contributed by atoms with Gasteiger partial charge in [-0.2, -0.15) is 0 Å². The van der Waals surface area contributed by atoms with E-state index in [0.29, 0.717) is 19.1 Å². The minimum atomic E-state index is -0.0915. The maximum absolute atomic E-state index is 9.76. The molecule has 18 heavy (non-hydrogen) atoms. The summed E-state index contributed by atoms with van der Waals surface area (Å²) < 4.78 is 4.54. The van der Waals surface area contributed by atoms with Crippen LogP contribution in [-0.4, -0.2) is 30.3 Å². The molecule has 2 unspecified atom stereocenters. The summed E-state index contributed by atoms with van der Waals surface area (Å²) in [5.41, 5.74) is 1.01. The zero-order valence-electron chi connectivity index (χ0n) is 10.7. The molecule has 2 rings (SSSR count). The first-order chi connectivity index (χ1) is 8.72. The number of carbonyl (C=O) groups excluding carboxylic acids is 1. The molecule has 0 aliphatic carbocycles. The van der Waals surface area contributed by atoms with Gasteiger partial charge in [0.25, 0.3) is 6.47 Å². The molecule has 1 aromatic rings. The second kappa shape index (κ2) is 8.66. The molecule has 1 fully saturated rings. The lowest BCUT2D eigenvalue weighted by atomic mass is 10.0. The van der Waals surface area contributed by atoms with Crippen LogP contribution in [0.4, 0.5) is 0 Å². The number of ether oxygens (including phenoxy) is 1. The van der Waals surface area contributed by atoms with Crippen molar-refractivity contribution in [2.45, 2.75) is 38.5 Å². The Balaban J connectivity index is 0.000000184. The molecule has 0 radical (unpaired) electrons. The van der Waals surface area contributed by atoms with Crippen molar-refractivity contribution >= 4 is 6.47 Å². The van der Waals surface area contributed by atoms with E-state index in [2.05, 4.69) is 17.0 Å². The normalized spacial score (nSPS) is 22.6. The average Bonchev–Trinajstić information content (AvgIpc) is 2.42. The van der Waals surface area contributed by atoms with Crippen LogP contribution in [0.2, 0.25) is 0 Å². The fraction of sp³-hybridized carbons (Fsp3) is 0.500. The van der Waals surface area contributed by atoms with Gasteiger partial charge in [0, 0.05) is 12.6 Å². The summed E-state index contributed by atoms with van der Waals surface area (Å²) in [7, 11) is 0. The number of hydrogen-bond donors (Lipinski definition) is 2. The molecular weight excluding hydrogens is 230 g/mol. The van der Waals surface area contributed by atoms with Crippen LogP contribution in [0, 0.1) is 0 Å². The first-order valence-corrected chi connectivity index (χ1v) is 6.23. The molecule has 0 bridgehead atoms. The number of aliphatic hydroxyl groups is 1. The molecule has 0 spiro atoms. The van der Waals surface area contributed by atoms with Crippen LogP contribution in [0.3, 0.4) is 0 Å². The van der Waals surface area contributed by atoms with Crippen molar-refractivity contribution in [3.63, 3.8) is 0 Å². The van der Waals surface area contributed by atoms with Crippen molar-refractivity contribution in [1.29, 1.82) is 0 Å². The Morgan fingerprint density at radius 1 is 1.39 bits per heavy atom. The number of aliphatic hydroxyl groups excluding tert-OH is 1. The van der Waals surface area contributed by atoms with Gasteiger partial charge in [0.2, 0.25) is 0 Å². The molecule has 100 valence electrons. The van der Waals surface area contributed by atoms with Crippen molar-refractivity contribution < 1.29 is 14.6 Å². The predicted octanol–water partition coefficient (Wildman–Crippen LogP) is 1.48. The summed E-state index contributed by atoms with van der Waals surface area (Å²) in [6.45, 7) is 3.74. The predicted molar refractivity (Wildman–Crippen MR) is 70.0 cm³/mol. The van der Waals surface area contributed by atoms with E-state index in [1.807, 2.05) is 30.3 Å². The molecule has 0 saturated carbocycles. The fourth-order valence-corrected chi connectivity index (χ4v) is 1.69. The number of rotatable bonds is 3. The van der Waals surface area contributed by atoms with Crippen LogP contribution < -0.4 is 5.32 Å². The molecule has 2 N–H and O–H groups in total. The van der Waals surface area contributed by atoms with Gasteiger partial charge in [-0.3, -0.25) is 4.79 Å². The smallest absolute Gasteiger partial charge is 0.293 e. The molecule has 2 atom stereocenters. The molecule has 1 saturated heterocycles. The van der Waals surface area contributed by atoms with E-state index < -0.39 is 0 Å². The molecule has 4 nitrogen and oxygen atoms in total. The largest absolute Gasteiger partial charge is 0.463 e. The number of β-amino-alcohol motifs (C(OH)–C–C–N with tert-alkyl or cyclic N) is 1. The van der Waals surface area contributed by atoms with Gasteiger partial charge in [-0.25, -0.2) is 0 Å². The first kappa shape index (κ1) is 14.7. The van der Waals surface area contributed by atoms with Gasteiger partial charge < -0.3 is 15.2 Å². The Kier molecular flexibility index (Phi) is 7.06. The number of piperidine rings is 1. The van der Waals surface area contributed by atoms with Crippen LogP contribution in [0.15, 0.2) is 30.3 Å². The number of benzene rings is 1. The minimum absolute atomic E-state index is 0.0915. The Morgan fingerprint density at radius 2 is 2.11 bits per heavy atom. The minimum Gasteiger partial charge on any atom is -0.463 e. The van der Waals surface area contributed by atoms with Crippen molar-refractivity contribution in [2.24, 2.45) is 0 Å². The van der Waals surface area contributed by atoms with E-state index in [-0.39, 0.29) is 6.10 Å². The average molecular weight is 251 g/mol. The summed E-state index contributed by atoms with van der Waals surface area (Å²) >= 11 is 0. The molecule has 1 heterocycles. The third-order valence-corrected chi connectivity index (χ3v) is 2.80. The second-order valence-corrected chi connectivity index (χ2v) is 4.43. The van der Waals surface area contributed by atoms with Crippen molar-refractivity contribution in [2.75, 3.05) is 6.54 Å². The molecular formula is C14H21NO3. The van der Waals surface area contributed by atoms with Gasteiger partial charge in [0.1, 0.15) is 6.61 Å². The third kappa shape index (κ3) is 6.37. The van der Waals surface area contributed by atoms with Gasteiger partial charge >= 0.3 is 0 Å². The van der Waals surface area contributed by atoms with Crippen LogP contribution >= 0.6 is 0 Å². The van der Waals surface area contributed by atoms with Crippen LogP contribution in [0.1, 0.15) is 25.3 Å². The molecule has 0 aromatic heterocycles. The summed E-state index contributed by atoms with van der Waals surface area (Å²) in [4.78, 5) is 9.76. The maximum atomic E-state index is 9.76. The van der Waals surface area contributed by atoms with Gasteiger partial charge in [-0.15, -0.1) is 0 Å². The topological polar surface area (TPSA) is 58.6 Å². The van der Waals surface area contributed by atoms with Crippen molar-refractivity contribution in [3.05, 3.63) is 35.9 Å². The van der Waals surface area contributed by atoms with Gasteiger partial charge in [0.15, 0.2) is 0 Å². The van der Waals surface area contributed by atoms with Crippen LogP contribution in [0.25, 0.3) is 0 Å². The van der Waals surface area contributed by atoms with Gasteiger partial charge in [-0.05, 0) is 25.3 Å². The fourth-order valence-electron chi connectivity index (χ4n) is 1.69. The van der Waals surface area contributed by atoms with Crippen molar-refractivity contribution in [3.8, 4) is 0 Å². The SMILES string of the molecule is CC1CCC(O)CN1.O=COCc1ccccc1. The monoisotopic (exact) mass is 251 g/mol. The molecule has 4 heteroatoms. The Morgan fingerprint density at radius 3 is 2.61 bits per heavy atom. The second-order valence-electron chi connectivity index (χ2n) is 4.43. The Bertz CT molecular complexity index is 311. The van der Waals surface area contributed by atoms with E-state index in [9.17, 15) is 4.79 Å². The summed E-state index contributed by atoms with van der Waals surface area (Å²) in [6.07, 6.45) is 1.99. The summed E-state index contributed by atoms with van der Waals surface area (Å²) in [6, 6.07) is 10.2. The van der Waals surface area contributed by atoms with E-state index in [1.165, 1.54) is 0 Å². The number of nitrogens with one attached hydrogen (secondary N) is 1. The summed E-state index contributed by atoms with van der Waals surface area (Å²) in [5, 5.41) is 12.1. The highest BCUT2D eigenvalue weighted by Crippen LogP contribution is 2.05. The molecule has 1 aromatic carbocycles. The Labute approximate surface area is 108 Å². The molecule has 1 aliphatic heterocycles. The highest BCUT2D eigenvalue weighted by molar-refractivity contribution is 5.37. The maximum Gasteiger partial charge on any atom is 0.293 e. The highest BCUT2D eigenvalue weighted by Gasteiger charge is 2.13. The lowest BCUT2D eigenvalue weighted by molar-refractivity contribution is -0.129.